The Kier molecular flexibility index (Phi) is 5.05. The topological polar surface area (TPSA) is 42.9 Å². The lowest BCUT2D eigenvalue weighted by Gasteiger charge is -1.84. The van der Waals surface area contributed by atoms with Gasteiger partial charge in [-0.1, -0.05) is 12.1 Å². The first-order valence-electron chi connectivity index (χ1n) is 3.59. The van der Waals surface area contributed by atoms with E-state index in [9.17, 15) is 4.79 Å². The molecule has 74 valence electrons. The van der Waals surface area contributed by atoms with Crippen LogP contribution in [0.25, 0.3) is 10.9 Å². The summed E-state index contributed by atoms with van der Waals surface area (Å²) in [5, 5.41) is 8.15. The molecule has 0 spiro atoms. The van der Waals surface area contributed by atoms with Crippen molar-refractivity contribution in [3.63, 3.8) is 0 Å². The molecule has 0 radical (unpaired) electrons. The van der Waals surface area contributed by atoms with Gasteiger partial charge in [0.15, 0.2) is 5.43 Å². The molecule has 0 aliphatic carbocycles. The minimum atomic E-state index is -0.0457. The lowest BCUT2D eigenvalue weighted by molar-refractivity contribution is 1.09. The first kappa shape index (κ1) is 12.8. The van der Waals surface area contributed by atoms with Crippen molar-refractivity contribution in [1.82, 2.24) is 10.2 Å². The largest absolute Gasteiger partial charge is 0.289 e. The Bertz CT molecular complexity index is 476. The van der Waals surface area contributed by atoms with Gasteiger partial charge in [0.05, 0.1) is 11.7 Å². The van der Waals surface area contributed by atoms with Crippen LogP contribution in [0.15, 0.2) is 41.3 Å². The van der Waals surface area contributed by atoms with Crippen molar-refractivity contribution in [2.45, 2.75) is 0 Å². The highest BCUT2D eigenvalue weighted by Gasteiger charge is 1.93. The number of nitrogens with zero attached hydrogens (tertiary/aromatic N) is 2. The van der Waals surface area contributed by atoms with Crippen LogP contribution in [-0.2, 0) is 0 Å². The highest BCUT2D eigenvalue weighted by molar-refractivity contribution is 5.85. The average molecular weight is 231 g/mol. The first-order valence-corrected chi connectivity index (χ1v) is 3.59. The number of rotatable bonds is 0. The van der Waals surface area contributed by atoms with Crippen LogP contribution < -0.4 is 5.43 Å². The fourth-order valence-corrected chi connectivity index (χ4v) is 1.06. The Morgan fingerprint density at radius 1 is 1.00 bits per heavy atom. The van der Waals surface area contributed by atoms with Gasteiger partial charge in [0.2, 0.25) is 0 Å². The molecule has 0 unspecified atom stereocenters. The van der Waals surface area contributed by atoms with Crippen LogP contribution in [0.4, 0.5) is 0 Å². The van der Waals surface area contributed by atoms with Gasteiger partial charge in [-0.05, 0) is 12.1 Å². The van der Waals surface area contributed by atoms with Gasteiger partial charge in [-0.25, -0.2) is 0 Å². The van der Waals surface area contributed by atoms with Crippen LogP contribution in [0.5, 0.6) is 0 Å². The Morgan fingerprint density at radius 2 is 1.71 bits per heavy atom. The maximum atomic E-state index is 11.3. The second-order valence-corrected chi connectivity index (χ2v) is 2.41. The van der Waals surface area contributed by atoms with Crippen LogP contribution in [0.3, 0.4) is 0 Å². The molecule has 0 fully saturated rings. The summed E-state index contributed by atoms with van der Waals surface area (Å²) in [6.07, 6.45) is 1.41. The molecule has 1 aromatic heterocycles. The molecule has 3 nitrogen and oxygen atoms in total. The highest BCUT2D eigenvalue weighted by Crippen LogP contribution is 2.01. The van der Waals surface area contributed by atoms with Crippen LogP contribution in [0, 0.1) is 0 Å². The fraction of sp³-hybridized carbons (Fsp3) is 0. The second kappa shape index (κ2) is 5.52. The number of halogens is 2. The highest BCUT2D eigenvalue weighted by atomic mass is 35.5. The Labute approximate surface area is 93.0 Å². The van der Waals surface area contributed by atoms with E-state index in [0.29, 0.717) is 10.9 Å². The summed E-state index contributed by atoms with van der Waals surface area (Å²) in [6.45, 7) is 0. The molecule has 14 heavy (non-hydrogen) atoms. The monoisotopic (exact) mass is 230 g/mol. The van der Waals surface area contributed by atoms with Crippen molar-refractivity contribution in [2.75, 3.05) is 0 Å². The molecule has 0 aliphatic rings. The van der Waals surface area contributed by atoms with E-state index in [1.807, 2.05) is 12.1 Å². The summed E-state index contributed by atoms with van der Waals surface area (Å²) in [6, 6.07) is 8.56. The number of hydrogen-bond acceptors (Lipinski definition) is 3. The maximum Gasteiger partial charge on any atom is 0.189 e. The molecular formula is C9H8Cl2N2O. The van der Waals surface area contributed by atoms with E-state index in [1.165, 1.54) is 12.3 Å². The fourth-order valence-electron chi connectivity index (χ4n) is 1.06. The zero-order valence-electron chi connectivity index (χ0n) is 7.08. The molecule has 0 bridgehead atoms. The molecular weight excluding hydrogens is 223 g/mol. The van der Waals surface area contributed by atoms with Gasteiger partial charge in [-0.3, -0.25) is 4.79 Å². The minimum absolute atomic E-state index is 0. The summed E-state index contributed by atoms with van der Waals surface area (Å²) in [5.41, 5.74) is 0.586. The van der Waals surface area contributed by atoms with Crippen LogP contribution in [-0.4, -0.2) is 10.2 Å². The third-order valence-corrected chi connectivity index (χ3v) is 1.63. The summed E-state index contributed by atoms with van der Waals surface area (Å²) in [5.74, 6) is 0. The number of benzene rings is 1. The second-order valence-electron chi connectivity index (χ2n) is 2.41. The Hall–Kier alpha value is -1.19. The normalized spacial score (nSPS) is 8.57. The summed E-state index contributed by atoms with van der Waals surface area (Å²) in [7, 11) is 0. The Balaban J connectivity index is 0.000000845. The van der Waals surface area contributed by atoms with Crippen molar-refractivity contribution < 1.29 is 0 Å². The van der Waals surface area contributed by atoms with E-state index in [4.69, 9.17) is 0 Å². The molecule has 0 N–H and O–H groups in total. The van der Waals surface area contributed by atoms with Gasteiger partial charge in [0.25, 0.3) is 0 Å². The van der Waals surface area contributed by atoms with E-state index in [2.05, 4.69) is 10.2 Å². The predicted octanol–water partition coefficient (Wildman–Crippen LogP) is 1.83. The lowest BCUT2D eigenvalue weighted by atomic mass is 10.2. The van der Waals surface area contributed by atoms with Crippen molar-refractivity contribution in [3.8, 4) is 0 Å². The molecule has 1 heterocycles. The maximum absolute atomic E-state index is 11.3. The standard InChI is InChI=1S/C9H6N2O.2ClH/c12-9-5-6-10-11-8-4-2-1-3-7(8)9;;/h1-6H;2*1H. The molecule has 5 heteroatoms. The van der Waals surface area contributed by atoms with Gasteiger partial charge >= 0.3 is 0 Å². The lowest BCUT2D eigenvalue weighted by Crippen LogP contribution is -1.93. The molecule has 0 aliphatic heterocycles. The SMILES string of the molecule is Cl.Cl.O=c1ccnnc2ccccc12. The summed E-state index contributed by atoms with van der Waals surface area (Å²) in [4.78, 5) is 11.3. The van der Waals surface area contributed by atoms with Gasteiger partial charge < -0.3 is 0 Å². The first-order chi connectivity index (χ1) is 5.88. The molecule has 1 aromatic carbocycles. The molecule has 2 aromatic rings. The predicted molar refractivity (Wildman–Crippen MR) is 60.3 cm³/mol. The molecule has 0 saturated heterocycles. The number of fused-ring (bicyclic) bond motifs is 1. The zero-order chi connectivity index (χ0) is 8.39. The van der Waals surface area contributed by atoms with E-state index < -0.39 is 0 Å². The zero-order valence-corrected chi connectivity index (χ0v) is 8.72. The van der Waals surface area contributed by atoms with Crippen molar-refractivity contribution >= 4 is 35.7 Å². The number of aromatic nitrogens is 2. The van der Waals surface area contributed by atoms with E-state index >= 15 is 0 Å². The van der Waals surface area contributed by atoms with Crippen molar-refractivity contribution in [2.24, 2.45) is 0 Å². The Morgan fingerprint density at radius 3 is 2.50 bits per heavy atom. The van der Waals surface area contributed by atoms with E-state index in [1.54, 1.807) is 12.1 Å². The molecule has 2 rings (SSSR count). The molecule has 0 amide bonds. The van der Waals surface area contributed by atoms with E-state index in [0.717, 1.165) is 0 Å². The van der Waals surface area contributed by atoms with Crippen LogP contribution >= 0.6 is 24.8 Å². The van der Waals surface area contributed by atoms with Crippen LogP contribution in [0.2, 0.25) is 0 Å². The molecule has 0 saturated carbocycles. The smallest absolute Gasteiger partial charge is 0.189 e. The number of hydrogen-bond donors (Lipinski definition) is 0. The van der Waals surface area contributed by atoms with Crippen LogP contribution in [0.1, 0.15) is 0 Å². The third kappa shape index (κ3) is 2.40. The van der Waals surface area contributed by atoms with E-state index in [-0.39, 0.29) is 30.2 Å². The van der Waals surface area contributed by atoms with Crippen molar-refractivity contribution in [1.29, 1.82) is 0 Å². The van der Waals surface area contributed by atoms with Crippen molar-refractivity contribution in [3.05, 3.63) is 46.8 Å². The van der Waals surface area contributed by atoms with Gasteiger partial charge in [0, 0.05) is 11.5 Å². The average Bonchev–Trinajstić information content (AvgIpc) is 2.29. The summed E-state index contributed by atoms with van der Waals surface area (Å²) < 4.78 is 0. The molecule has 0 atom stereocenters. The summed E-state index contributed by atoms with van der Waals surface area (Å²) >= 11 is 0. The van der Waals surface area contributed by atoms with Gasteiger partial charge in [-0.15, -0.1) is 24.8 Å². The van der Waals surface area contributed by atoms with Gasteiger partial charge in [0.1, 0.15) is 0 Å². The third-order valence-electron chi connectivity index (χ3n) is 1.63. The minimum Gasteiger partial charge on any atom is -0.289 e. The van der Waals surface area contributed by atoms with Gasteiger partial charge in [-0.2, -0.15) is 10.2 Å². The quantitative estimate of drug-likeness (QED) is 0.694.